The molecule has 0 radical (unpaired) electrons. The average Bonchev–Trinajstić information content (AvgIpc) is 2.54. The van der Waals surface area contributed by atoms with Gasteiger partial charge >= 0.3 is 0 Å². The van der Waals surface area contributed by atoms with E-state index >= 15 is 0 Å². The van der Waals surface area contributed by atoms with E-state index < -0.39 is 20.0 Å². The van der Waals surface area contributed by atoms with Crippen LogP contribution in [0.5, 0.6) is 0 Å². The van der Waals surface area contributed by atoms with E-state index in [1.165, 1.54) is 50.5 Å². The van der Waals surface area contributed by atoms with Crippen molar-refractivity contribution in [2.45, 2.75) is 23.1 Å². The highest BCUT2D eigenvalue weighted by Gasteiger charge is 2.19. The Balaban J connectivity index is 2.33. The van der Waals surface area contributed by atoms with Crippen molar-refractivity contribution in [3.63, 3.8) is 0 Å². The normalized spacial score (nSPS) is 12.3. The lowest BCUT2D eigenvalue weighted by Gasteiger charge is -2.13. The molecule has 0 unspecified atom stereocenters. The first-order valence-electron chi connectivity index (χ1n) is 7.31. The number of benzene rings is 2. The topological polar surface area (TPSA) is 83.5 Å². The van der Waals surface area contributed by atoms with Gasteiger partial charge in [-0.25, -0.2) is 21.1 Å². The van der Waals surface area contributed by atoms with Crippen LogP contribution in [-0.4, -0.2) is 35.2 Å². The summed E-state index contributed by atoms with van der Waals surface area (Å²) in [5.41, 5.74) is 1.23. The maximum absolute atomic E-state index is 12.4. The standard InChI is InChI=1S/C16H20N2O4S2/c1-4-13-8-10-15(11-9-13)23(19,20)17-14-6-5-7-16(12-14)24(21,22)18(2)3/h5-12,17H,4H2,1-3H3. The van der Waals surface area contributed by atoms with Crippen molar-refractivity contribution in [3.05, 3.63) is 54.1 Å². The highest BCUT2D eigenvalue weighted by molar-refractivity contribution is 7.92. The van der Waals surface area contributed by atoms with E-state index in [1.807, 2.05) is 6.92 Å². The van der Waals surface area contributed by atoms with Crippen molar-refractivity contribution in [1.29, 1.82) is 0 Å². The van der Waals surface area contributed by atoms with E-state index in [0.29, 0.717) is 0 Å². The molecule has 0 saturated heterocycles. The average molecular weight is 368 g/mol. The molecule has 0 aliphatic carbocycles. The van der Waals surface area contributed by atoms with Gasteiger partial charge in [-0.1, -0.05) is 25.1 Å². The van der Waals surface area contributed by atoms with Crippen molar-refractivity contribution in [2.75, 3.05) is 18.8 Å². The summed E-state index contributed by atoms with van der Waals surface area (Å²) in [6, 6.07) is 12.3. The zero-order chi connectivity index (χ0) is 18.0. The minimum Gasteiger partial charge on any atom is -0.280 e. The molecule has 2 aromatic carbocycles. The van der Waals surface area contributed by atoms with Gasteiger partial charge in [0.1, 0.15) is 0 Å². The van der Waals surface area contributed by atoms with Crippen LogP contribution in [0, 0.1) is 0 Å². The lowest BCUT2D eigenvalue weighted by molar-refractivity contribution is 0.521. The van der Waals surface area contributed by atoms with Gasteiger partial charge in [-0.05, 0) is 42.3 Å². The van der Waals surface area contributed by atoms with Gasteiger partial charge in [0.25, 0.3) is 10.0 Å². The van der Waals surface area contributed by atoms with Crippen LogP contribution in [-0.2, 0) is 26.5 Å². The summed E-state index contributed by atoms with van der Waals surface area (Å²) in [5, 5.41) is 0. The second-order valence-electron chi connectivity index (χ2n) is 5.42. The Bertz CT molecular complexity index is 919. The van der Waals surface area contributed by atoms with Gasteiger partial charge in [0.15, 0.2) is 0 Å². The van der Waals surface area contributed by atoms with E-state index in [2.05, 4.69) is 4.72 Å². The van der Waals surface area contributed by atoms with E-state index in [1.54, 1.807) is 12.1 Å². The van der Waals surface area contributed by atoms with Crippen molar-refractivity contribution in [3.8, 4) is 0 Å². The maximum Gasteiger partial charge on any atom is 0.261 e. The van der Waals surface area contributed by atoms with Gasteiger partial charge in [0, 0.05) is 14.1 Å². The molecule has 2 aromatic rings. The summed E-state index contributed by atoms with van der Waals surface area (Å²) >= 11 is 0. The molecule has 0 bridgehead atoms. The van der Waals surface area contributed by atoms with Gasteiger partial charge in [-0.15, -0.1) is 0 Å². The summed E-state index contributed by atoms with van der Waals surface area (Å²) in [5.74, 6) is 0. The molecule has 24 heavy (non-hydrogen) atoms. The smallest absolute Gasteiger partial charge is 0.261 e. The number of hydrogen-bond donors (Lipinski definition) is 1. The van der Waals surface area contributed by atoms with Gasteiger partial charge < -0.3 is 0 Å². The zero-order valence-electron chi connectivity index (χ0n) is 13.7. The summed E-state index contributed by atoms with van der Waals surface area (Å²) < 4.78 is 52.6. The van der Waals surface area contributed by atoms with E-state index in [4.69, 9.17) is 0 Å². The molecule has 0 aromatic heterocycles. The number of nitrogens with one attached hydrogen (secondary N) is 1. The minimum absolute atomic E-state index is 0.0223. The van der Waals surface area contributed by atoms with Gasteiger partial charge in [-0.2, -0.15) is 0 Å². The highest BCUT2D eigenvalue weighted by atomic mass is 32.2. The highest BCUT2D eigenvalue weighted by Crippen LogP contribution is 2.21. The Morgan fingerprint density at radius 2 is 1.54 bits per heavy atom. The van der Waals surface area contributed by atoms with Crippen LogP contribution in [0.15, 0.2) is 58.3 Å². The lowest BCUT2D eigenvalue weighted by atomic mass is 10.2. The molecule has 0 heterocycles. The first-order valence-corrected chi connectivity index (χ1v) is 10.2. The maximum atomic E-state index is 12.4. The summed E-state index contributed by atoms with van der Waals surface area (Å²) in [6.45, 7) is 1.98. The van der Waals surface area contributed by atoms with Crippen molar-refractivity contribution < 1.29 is 16.8 Å². The zero-order valence-corrected chi connectivity index (χ0v) is 15.4. The largest absolute Gasteiger partial charge is 0.280 e. The number of rotatable bonds is 6. The summed E-state index contributed by atoms with van der Waals surface area (Å²) in [4.78, 5) is 0.148. The number of nitrogens with zero attached hydrogens (tertiary/aromatic N) is 1. The Hall–Kier alpha value is -1.90. The third-order valence-electron chi connectivity index (χ3n) is 3.51. The van der Waals surface area contributed by atoms with Gasteiger partial charge in [-0.3, -0.25) is 4.72 Å². The van der Waals surface area contributed by atoms with Crippen molar-refractivity contribution in [2.24, 2.45) is 0 Å². The molecule has 0 aliphatic heterocycles. The number of aryl methyl sites for hydroxylation is 1. The van der Waals surface area contributed by atoms with Crippen LogP contribution in [0.25, 0.3) is 0 Å². The Morgan fingerprint density at radius 3 is 2.08 bits per heavy atom. The molecule has 0 aliphatic rings. The third kappa shape index (κ3) is 3.95. The fourth-order valence-corrected chi connectivity index (χ4v) is 4.05. The first-order chi connectivity index (χ1) is 11.2. The second kappa shape index (κ2) is 6.92. The molecule has 6 nitrogen and oxygen atoms in total. The van der Waals surface area contributed by atoms with E-state index in [0.717, 1.165) is 16.3 Å². The molecule has 0 saturated carbocycles. The molecule has 0 fully saturated rings. The predicted octanol–water partition coefficient (Wildman–Crippen LogP) is 2.30. The van der Waals surface area contributed by atoms with Crippen LogP contribution in [0.2, 0.25) is 0 Å². The van der Waals surface area contributed by atoms with Crippen LogP contribution in [0.4, 0.5) is 5.69 Å². The minimum atomic E-state index is -3.78. The fourth-order valence-electron chi connectivity index (χ4n) is 2.05. The van der Waals surface area contributed by atoms with Crippen LogP contribution >= 0.6 is 0 Å². The molecule has 1 N–H and O–H groups in total. The van der Waals surface area contributed by atoms with Crippen molar-refractivity contribution in [1.82, 2.24) is 4.31 Å². The Morgan fingerprint density at radius 1 is 0.917 bits per heavy atom. The van der Waals surface area contributed by atoms with Gasteiger partial charge in [0.2, 0.25) is 10.0 Å². The Kier molecular flexibility index (Phi) is 5.32. The molecule has 130 valence electrons. The number of sulfonamides is 2. The van der Waals surface area contributed by atoms with E-state index in [9.17, 15) is 16.8 Å². The monoisotopic (exact) mass is 368 g/mol. The Labute approximate surface area is 143 Å². The molecule has 2 rings (SSSR count). The number of anilines is 1. The van der Waals surface area contributed by atoms with Crippen LogP contribution in [0.3, 0.4) is 0 Å². The lowest BCUT2D eigenvalue weighted by Crippen LogP contribution is -2.22. The summed E-state index contributed by atoms with van der Waals surface area (Å²) in [7, 11) is -4.57. The third-order valence-corrected chi connectivity index (χ3v) is 6.72. The van der Waals surface area contributed by atoms with Gasteiger partial charge in [0.05, 0.1) is 15.5 Å². The second-order valence-corrected chi connectivity index (χ2v) is 9.25. The van der Waals surface area contributed by atoms with Crippen molar-refractivity contribution >= 4 is 25.7 Å². The molecule has 0 spiro atoms. The van der Waals surface area contributed by atoms with Crippen LogP contribution < -0.4 is 4.72 Å². The molecule has 8 heteroatoms. The fraction of sp³-hybridized carbons (Fsp3) is 0.250. The SMILES string of the molecule is CCc1ccc(S(=O)(=O)Nc2cccc(S(=O)(=O)N(C)C)c2)cc1. The van der Waals surface area contributed by atoms with Crippen LogP contribution in [0.1, 0.15) is 12.5 Å². The predicted molar refractivity (Wildman–Crippen MR) is 93.9 cm³/mol. The first kappa shape index (κ1) is 18.4. The van der Waals surface area contributed by atoms with E-state index in [-0.39, 0.29) is 15.5 Å². The quantitative estimate of drug-likeness (QED) is 0.848. The molecule has 0 amide bonds. The molecular weight excluding hydrogens is 348 g/mol. The number of hydrogen-bond acceptors (Lipinski definition) is 4. The molecular formula is C16H20N2O4S2. The summed E-state index contributed by atoms with van der Waals surface area (Å²) in [6.07, 6.45) is 0.818. The molecule has 0 atom stereocenters.